The van der Waals surface area contributed by atoms with Crippen molar-refractivity contribution < 1.29 is 17.9 Å². The lowest BCUT2D eigenvalue weighted by atomic mass is 9.95. The van der Waals surface area contributed by atoms with Gasteiger partial charge in [0.05, 0.1) is 17.1 Å². The van der Waals surface area contributed by atoms with Crippen molar-refractivity contribution in [3.05, 3.63) is 29.8 Å². The Morgan fingerprint density at radius 3 is 2.13 bits per heavy atom. The van der Waals surface area contributed by atoms with Gasteiger partial charge in [-0.1, -0.05) is 0 Å². The molecule has 2 unspecified atom stereocenters. The van der Waals surface area contributed by atoms with E-state index in [1.807, 2.05) is 4.90 Å². The number of carbonyl (C=O) groups is 1. The van der Waals surface area contributed by atoms with Crippen molar-refractivity contribution in [1.29, 1.82) is 0 Å². The van der Waals surface area contributed by atoms with Crippen LogP contribution in [0.2, 0.25) is 0 Å². The number of ether oxygens (including phenoxy) is 1. The first-order valence-electron chi connectivity index (χ1n) is 11.2. The molecule has 174 valence electrons. The maximum Gasteiger partial charge on any atom is 0.253 e. The number of piperidine rings is 1. The van der Waals surface area contributed by atoms with Crippen LogP contribution in [-0.2, 0) is 14.8 Å². The van der Waals surface area contributed by atoms with E-state index in [4.69, 9.17) is 4.74 Å². The van der Waals surface area contributed by atoms with Crippen molar-refractivity contribution in [2.45, 2.75) is 70.1 Å². The van der Waals surface area contributed by atoms with Crippen molar-refractivity contribution in [3.8, 4) is 0 Å². The van der Waals surface area contributed by atoms with Gasteiger partial charge in [0.2, 0.25) is 10.0 Å². The van der Waals surface area contributed by atoms with Crippen LogP contribution in [0.3, 0.4) is 0 Å². The van der Waals surface area contributed by atoms with Crippen molar-refractivity contribution in [3.63, 3.8) is 0 Å². The molecular weight excluding hydrogens is 414 g/mol. The van der Waals surface area contributed by atoms with Gasteiger partial charge in [0.15, 0.2) is 0 Å². The number of hydrogen-bond donors (Lipinski definition) is 1. The van der Waals surface area contributed by atoms with E-state index >= 15 is 0 Å². The van der Waals surface area contributed by atoms with Crippen LogP contribution in [0.4, 0.5) is 0 Å². The summed E-state index contributed by atoms with van der Waals surface area (Å²) in [6.45, 7) is 14.1. The van der Waals surface area contributed by atoms with Gasteiger partial charge >= 0.3 is 0 Å². The molecule has 2 heterocycles. The highest BCUT2D eigenvalue weighted by molar-refractivity contribution is 7.89. The Morgan fingerprint density at radius 1 is 1.06 bits per heavy atom. The summed E-state index contributed by atoms with van der Waals surface area (Å²) >= 11 is 0. The monoisotopic (exact) mass is 451 g/mol. The molecule has 8 heteroatoms. The Balaban J connectivity index is 1.53. The smallest absolute Gasteiger partial charge is 0.253 e. The predicted molar refractivity (Wildman–Crippen MR) is 122 cm³/mol. The van der Waals surface area contributed by atoms with E-state index < -0.39 is 15.6 Å². The van der Waals surface area contributed by atoms with Gasteiger partial charge in [0, 0.05) is 43.8 Å². The molecule has 2 atom stereocenters. The highest BCUT2D eigenvalue weighted by Crippen LogP contribution is 2.23. The third-order valence-corrected chi connectivity index (χ3v) is 7.54. The fraction of sp³-hybridized carbons (Fsp3) is 0.696. The van der Waals surface area contributed by atoms with Crippen LogP contribution in [0.25, 0.3) is 0 Å². The molecule has 0 aliphatic carbocycles. The molecule has 0 bridgehead atoms. The lowest BCUT2D eigenvalue weighted by molar-refractivity contribution is -0.0728. The van der Waals surface area contributed by atoms with Gasteiger partial charge in [-0.25, -0.2) is 13.1 Å². The van der Waals surface area contributed by atoms with Crippen molar-refractivity contribution in [2.75, 3.05) is 32.7 Å². The number of nitrogens with one attached hydrogen (secondary N) is 1. The molecule has 3 rings (SSSR count). The summed E-state index contributed by atoms with van der Waals surface area (Å²) in [4.78, 5) is 17.5. The third kappa shape index (κ3) is 6.75. The van der Waals surface area contributed by atoms with Crippen molar-refractivity contribution >= 4 is 15.9 Å². The van der Waals surface area contributed by atoms with E-state index in [0.717, 1.165) is 45.6 Å². The lowest BCUT2D eigenvalue weighted by Crippen LogP contribution is -2.48. The van der Waals surface area contributed by atoms with Crippen LogP contribution in [0.1, 0.15) is 57.8 Å². The molecule has 1 aromatic carbocycles. The maximum atomic E-state index is 12.9. The largest absolute Gasteiger partial charge is 0.373 e. The van der Waals surface area contributed by atoms with Crippen molar-refractivity contribution in [1.82, 2.24) is 14.5 Å². The third-order valence-electron chi connectivity index (χ3n) is 5.77. The number of morpholine rings is 1. The number of benzene rings is 1. The highest BCUT2D eigenvalue weighted by atomic mass is 32.2. The molecule has 1 amide bonds. The molecule has 0 aromatic heterocycles. The van der Waals surface area contributed by atoms with E-state index in [0.29, 0.717) is 11.5 Å². The van der Waals surface area contributed by atoms with E-state index in [-0.39, 0.29) is 23.0 Å². The second-order valence-electron chi connectivity index (χ2n) is 10.1. The van der Waals surface area contributed by atoms with E-state index in [9.17, 15) is 13.2 Å². The lowest BCUT2D eigenvalue weighted by Gasteiger charge is -2.39. The number of rotatable bonds is 5. The number of likely N-dealkylation sites (tertiary alicyclic amines) is 1. The molecule has 1 N–H and O–H groups in total. The molecule has 0 radical (unpaired) electrons. The summed E-state index contributed by atoms with van der Waals surface area (Å²) in [5.41, 5.74) is -0.0291. The zero-order chi connectivity index (χ0) is 22.8. The minimum atomic E-state index is -3.60. The molecule has 2 fully saturated rings. The second kappa shape index (κ2) is 9.57. The fourth-order valence-electron chi connectivity index (χ4n) is 4.54. The Hall–Kier alpha value is -1.48. The minimum Gasteiger partial charge on any atom is -0.373 e. The predicted octanol–water partition coefficient (Wildman–Crippen LogP) is 2.72. The van der Waals surface area contributed by atoms with Gasteiger partial charge < -0.3 is 9.64 Å². The Morgan fingerprint density at radius 2 is 1.61 bits per heavy atom. The van der Waals surface area contributed by atoms with Gasteiger partial charge in [-0.15, -0.1) is 0 Å². The van der Waals surface area contributed by atoms with Crippen LogP contribution < -0.4 is 4.72 Å². The highest BCUT2D eigenvalue weighted by Gasteiger charge is 2.28. The van der Waals surface area contributed by atoms with Gasteiger partial charge in [-0.2, -0.15) is 0 Å². The van der Waals surface area contributed by atoms with Crippen LogP contribution in [0, 0.1) is 5.92 Å². The topological polar surface area (TPSA) is 79.0 Å². The Kier molecular flexibility index (Phi) is 7.46. The molecule has 2 saturated heterocycles. The maximum absolute atomic E-state index is 12.9. The number of sulfonamides is 1. The van der Waals surface area contributed by atoms with Crippen LogP contribution >= 0.6 is 0 Å². The van der Waals surface area contributed by atoms with Crippen LogP contribution in [-0.4, -0.2) is 74.6 Å². The number of hydrogen-bond acceptors (Lipinski definition) is 5. The molecule has 2 aliphatic rings. The van der Waals surface area contributed by atoms with Gasteiger partial charge in [-0.3, -0.25) is 9.69 Å². The first-order valence-corrected chi connectivity index (χ1v) is 12.7. The first-order chi connectivity index (χ1) is 14.4. The molecule has 31 heavy (non-hydrogen) atoms. The number of nitrogens with zero attached hydrogens (tertiary/aromatic N) is 2. The molecule has 1 aromatic rings. The zero-order valence-corrected chi connectivity index (χ0v) is 20.2. The van der Waals surface area contributed by atoms with Gasteiger partial charge in [-0.05, 0) is 77.6 Å². The Labute approximate surface area is 187 Å². The van der Waals surface area contributed by atoms with Crippen LogP contribution in [0.5, 0.6) is 0 Å². The van der Waals surface area contributed by atoms with Gasteiger partial charge in [0.25, 0.3) is 5.91 Å². The van der Waals surface area contributed by atoms with Crippen LogP contribution in [0.15, 0.2) is 29.2 Å². The summed E-state index contributed by atoms with van der Waals surface area (Å²) in [5.74, 6) is 0.567. The quantitative estimate of drug-likeness (QED) is 0.745. The SMILES string of the molecule is CC1CN(CC2CCN(C(=O)c3ccc(S(=O)(=O)NC(C)(C)C)cc3)CC2)CC(C)O1. The molecule has 7 nitrogen and oxygen atoms in total. The van der Waals surface area contributed by atoms with E-state index in [2.05, 4.69) is 23.5 Å². The standard InChI is InChI=1S/C23H37N3O4S/c1-17-14-25(15-18(2)30-17)16-19-10-12-26(13-11-19)22(27)20-6-8-21(9-7-20)31(28,29)24-23(3,4)5/h6-9,17-19,24H,10-16H2,1-5H3. The second-order valence-corrected chi connectivity index (χ2v) is 11.8. The zero-order valence-electron chi connectivity index (χ0n) is 19.4. The summed E-state index contributed by atoms with van der Waals surface area (Å²) in [5, 5.41) is 0. The van der Waals surface area contributed by atoms with Gasteiger partial charge in [0.1, 0.15) is 0 Å². The normalized spacial score (nSPS) is 24.4. The molecule has 0 saturated carbocycles. The first kappa shape index (κ1) is 24.2. The minimum absolute atomic E-state index is 0.0280. The Bertz CT molecular complexity index is 846. The average Bonchev–Trinajstić information content (AvgIpc) is 2.65. The number of amides is 1. The van der Waals surface area contributed by atoms with Crippen molar-refractivity contribution in [2.24, 2.45) is 5.92 Å². The summed E-state index contributed by atoms with van der Waals surface area (Å²) in [7, 11) is -3.60. The summed E-state index contributed by atoms with van der Waals surface area (Å²) in [6, 6.07) is 6.24. The average molecular weight is 452 g/mol. The molecule has 2 aliphatic heterocycles. The van der Waals surface area contributed by atoms with E-state index in [1.54, 1.807) is 32.9 Å². The summed E-state index contributed by atoms with van der Waals surface area (Å²) in [6.07, 6.45) is 2.54. The molecular formula is C23H37N3O4S. The molecule has 0 spiro atoms. The fourth-order valence-corrected chi connectivity index (χ4v) is 5.96. The number of carbonyl (C=O) groups excluding carboxylic acids is 1. The summed E-state index contributed by atoms with van der Waals surface area (Å²) < 4.78 is 33.4. The van der Waals surface area contributed by atoms with E-state index in [1.165, 1.54) is 12.1 Å².